The number of carbonyl (C=O) groups is 1. The number of aromatic nitrogens is 1. The van der Waals surface area contributed by atoms with Gasteiger partial charge < -0.3 is 24.4 Å². The minimum absolute atomic E-state index is 0.240. The highest BCUT2D eigenvalue weighted by molar-refractivity contribution is 7.16. The number of thiophene rings is 1. The van der Waals surface area contributed by atoms with Gasteiger partial charge in [0, 0.05) is 68.1 Å². The number of likely N-dealkylation sites (tertiary alicyclic amines) is 1. The normalized spacial score (nSPS) is 20.1. The molecule has 1 saturated carbocycles. The molecule has 9 heteroatoms. The first-order valence-corrected chi connectivity index (χ1v) is 15.1. The van der Waals surface area contributed by atoms with Gasteiger partial charge in [0.05, 0.1) is 30.9 Å². The van der Waals surface area contributed by atoms with Gasteiger partial charge in [-0.05, 0) is 77.0 Å². The van der Waals surface area contributed by atoms with Crippen LogP contribution in [0.25, 0.3) is 0 Å². The van der Waals surface area contributed by atoms with Crippen molar-refractivity contribution in [2.75, 3.05) is 52.4 Å². The van der Waals surface area contributed by atoms with Crippen LogP contribution in [0.1, 0.15) is 70.2 Å². The Morgan fingerprint density at radius 3 is 2.49 bits per heavy atom. The Balaban J connectivity index is 1.42. The van der Waals surface area contributed by atoms with E-state index in [-0.39, 0.29) is 5.97 Å². The predicted octanol–water partition coefficient (Wildman–Crippen LogP) is 4.66. The van der Waals surface area contributed by atoms with Crippen LogP contribution in [0.2, 0.25) is 0 Å². The number of nitrogens with one attached hydrogen (secondary N) is 1. The third-order valence-corrected chi connectivity index (χ3v) is 9.87. The highest BCUT2D eigenvalue weighted by atomic mass is 32.1. The third-order valence-electron chi connectivity index (χ3n) is 8.48. The predicted molar refractivity (Wildman–Crippen MR) is 158 cm³/mol. The lowest BCUT2D eigenvalue weighted by Crippen LogP contribution is -2.57. The molecule has 8 nitrogen and oxygen atoms in total. The Labute approximate surface area is 238 Å². The zero-order chi connectivity index (χ0) is 28.1. The molecule has 1 saturated heterocycles. The number of rotatable bonds is 12. The van der Waals surface area contributed by atoms with Crippen molar-refractivity contribution in [3.05, 3.63) is 38.9 Å². The zero-order valence-electron chi connectivity index (χ0n) is 24.8. The molecule has 0 spiro atoms. The second kappa shape index (κ2) is 13.4. The van der Waals surface area contributed by atoms with E-state index in [1.165, 1.54) is 37.8 Å². The zero-order valence-corrected chi connectivity index (χ0v) is 25.6. The highest BCUT2D eigenvalue weighted by Crippen LogP contribution is 2.40. The second-order valence-corrected chi connectivity index (χ2v) is 12.0. The Morgan fingerprint density at radius 1 is 1.15 bits per heavy atom. The van der Waals surface area contributed by atoms with Crippen molar-refractivity contribution in [3.63, 3.8) is 0 Å². The van der Waals surface area contributed by atoms with Gasteiger partial charge in [-0.2, -0.15) is 0 Å². The van der Waals surface area contributed by atoms with Gasteiger partial charge in [-0.3, -0.25) is 4.90 Å². The van der Waals surface area contributed by atoms with Crippen LogP contribution in [-0.2, 0) is 22.4 Å². The van der Waals surface area contributed by atoms with E-state index in [1.807, 2.05) is 14.0 Å². The van der Waals surface area contributed by atoms with Gasteiger partial charge in [-0.1, -0.05) is 0 Å². The quantitative estimate of drug-likeness (QED) is 0.298. The Bertz CT molecular complexity index is 1120. The number of esters is 1. The van der Waals surface area contributed by atoms with E-state index in [0.29, 0.717) is 30.6 Å². The molecule has 2 fully saturated rings. The largest absolute Gasteiger partial charge is 0.481 e. The fourth-order valence-corrected chi connectivity index (χ4v) is 7.65. The monoisotopic (exact) mass is 558 g/mol. The van der Waals surface area contributed by atoms with Gasteiger partial charge >= 0.3 is 5.97 Å². The van der Waals surface area contributed by atoms with Crippen molar-refractivity contribution in [2.45, 2.75) is 84.5 Å². The Morgan fingerprint density at radius 2 is 1.87 bits per heavy atom. The fraction of sp³-hybridized carbons (Fsp3) is 0.667. The van der Waals surface area contributed by atoms with E-state index in [4.69, 9.17) is 14.2 Å². The summed E-state index contributed by atoms with van der Waals surface area (Å²) < 4.78 is 16.2. The van der Waals surface area contributed by atoms with Crippen LogP contribution in [-0.4, -0.2) is 81.5 Å². The van der Waals surface area contributed by atoms with Crippen molar-refractivity contribution >= 4 is 22.3 Å². The van der Waals surface area contributed by atoms with Crippen LogP contribution >= 0.6 is 11.3 Å². The minimum Gasteiger partial charge on any atom is -0.481 e. The molecule has 3 heterocycles. The summed E-state index contributed by atoms with van der Waals surface area (Å²) in [5, 5.41) is 4.77. The van der Waals surface area contributed by atoms with Crippen LogP contribution in [0.4, 0.5) is 5.00 Å². The van der Waals surface area contributed by atoms with Crippen LogP contribution < -0.4 is 15.0 Å². The van der Waals surface area contributed by atoms with E-state index in [9.17, 15) is 4.79 Å². The summed E-state index contributed by atoms with van der Waals surface area (Å²) in [7, 11) is 4.95. The summed E-state index contributed by atoms with van der Waals surface area (Å²) in [6.07, 6.45) is 5.98. The first-order chi connectivity index (χ1) is 18.8. The fourth-order valence-electron chi connectivity index (χ4n) is 6.23. The van der Waals surface area contributed by atoms with Crippen LogP contribution in [0.5, 0.6) is 5.88 Å². The summed E-state index contributed by atoms with van der Waals surface area (Å²) in [6, 6.07) is 3.26. The van der Waals surface area contributed by atoms with E-state index in [2.05, 4.69) is 46.9 Å². The number of nitrogens with zero attached hydrogens (tertiary/aromatic N) is 3. The number of carbonyl (C=O) groups excluding carboxylic acids is 1. The maximum absolute atomic E-state index is 12.9. The SMILES string of the molecule is CCN(c1sc(CCNCc2c(C)cc(C)nc2OC)c(C(=O)OC)c1C)[C@H]1CC[C@H](N2CC(OC)C2)CC1. The molecular weight excluding hydrogens is 512 g/mol. The van der Waals surface area contributed by atoms with E-state index < -0.39 is 0 Å². The molecule has 2 aliphatic rings. The van der Waals surface area contributed by atoms with Gasteiger partial charge in [-0.15, -0.1) is 11.3 Å². The minimum atomic E-state index is -0.240. The Hall–Kier alpha value is -2.20. The lowest BCUT2D eigenvalue weighted by atomic mass is 9.87. The summed E-state index contributed by atoms with van der Waals surface area (Å²) in [5.41, 5.74) is 4.98. The molecule has 1 aliphatic heterocycles. The summed E-state index contributed by atoms with van der Waals surface area (Å²) in [5.74, 6) is 0.431. The van der Waals surface area contributed by atoms with Crippen LogP contribution in [0.3, 0.4) is 0 Å². The van der Waals surface area contributed by atoms with Gasteiger partial charge in [0.1, 0.15) is 0 Å². The molecule has 0 bridgehead atoms. The van der Waals surface area contributed by atoms with Crippen molar-refractivity contribution in [1.82, 2.24) is 15.2 Å². The number of aryl methyl sites for hydroxylation is 2. The van der Waals surface area contributed by atoms with Crippen molar-refractivity contribution in [1.29, 1.82) is 0 Å². The molecule has 1 aliphatic carbocycles. The smallest absolute Gasteiger partial charge is 0.339 e. The first-order valence-electron chi connectivity index (χ1n) is 14.3. The van der Waals surface area contributed by atoms with Gasteiger partial charge in [0.15, 0.2) is 0 Å². The van der Waals surface area contributed by atoms with Crippen molar-refractivity contribution in [2.24, 2.45) is 0 Å². The lowest BCUT2D eigenvalue weighted by Gasteiger charge is -2.47. The van der Waals surface area contributed by atoms with Crippen LogP contribution in [0, 0.1) is 20.8 Å². The molecule has 1 N–H and O–H groups in total. The van der Waals surface area contributed by atoms with E-state index in [0.717, 1.165) is 65.4 Å². The molecule has 216 valence electrons. The third kappa shape index (κ3) is 6.59. The molecule has 0 amide bonds. The van der Waals surface area contributed by atoms with Crippen molar-refractivity contribution in [3.8, 4) is 5.88 Å². The average Bonchev–Trinajstić information content (AvgIpc) is 3.22. The molecule has 4 rings (SSSR count). The summed E-state index contributed by atoms with van der Waals surface area (Å²) >= 11 is 1.76. The molecule has 2 aromatic rings. The second-order valence-electron chi connectivity index (χ2n) is 10.9. The summed E-state index contributed by atoms with van der Waals surface area (Å²) in [6.45, 7) is 12.9. The van der Waals surface area contributed by atoms with Crippen LogP contribution in [0.15, 0.2) is 6.07 Å². The van der Waals surface area contributed by atoms with Gasteiger partial charge in [-0.25, -0.2) is 9.78 Å². The highest BCUT2D eigenvalue weighted by Gasteiger charge is 2.36. The molecule has 0 aromatic carbocycles. The molecule has 0 unspecified atom stereocenters. The van der Waals surface area contributed by atoms with Gasteiger partial charge in [0.25, 0.3) is 0 Å². The number of methoxy groups -OCH3 is 3. The van der Waals surface area contributed by atoms with Gasteiger partial charge in [0.2, 0.25) is 5.88 Å². The maximum atomic E-state index is 12.9. The first kappa shape index (κ1) is 29.8. The number of ether oxygens (including phenoxy) is 3. The van der Waals surface area contributed by atoms with Crippen molar-refractivity contribution < 1.29 is 19.0 Å². The summed E-state index contributed by atoms with van der Waals surface area (Å²) in [4.78, 5) is 23.6. The standard InChI is InChI=1S/C30H46N4O4S/c1-8-34(23-11-9-22(10-12-23)33-17-24(18-33)36-5)29-21(4)27(30(35)38-7)26(39-29)13-14-31-16-25-19(2)15-20(3)32-28(25)37-6/h15,22-24,31H,8-14,16-18H2,1-7H3/t22-,23-. The topological polar surface area (TPSA) is 76.2 Å². The van der Waals surface area contributed by atoms with E-state index in [1.54, 1.807) is 18.4 Å². The molecule has 0 atom stereocenters. The molecule has 0 radical (unpaired) electrons. The lowest BCUT2D eigenvalue weighted by molar-refractivity contribution is -0.0578. The number of anilines is 1. The average molecular weight is 559 g/mol. The number of pyridine rings is 1. The van der Waals surface area contributed by atoms with E-state index >= 15 is 0 Å². The number of hydrogen-bond donors (Lipinski definition) is 1. The number of hydrogen-bond acceptors (Lipinski definition) is 9. The molecular formula is C30H46N4O4S. The molecule has 2 aromatic heterocycles. The molecule has 39 heavy (non-hydrogen) atoms. The Kier molecular flexibility index (Phi) is 10.3. The maximum Gasteiger partial charge on any atom is 0.339 e.